The van der Waals surface area contributed by atoms with Gasteiger partial charge in [0.05, 0.1) is 24.9 Å². The van der Waals surface area contributed by atoms with E-state index >= 15 is 0 Å². The lowest BCUT2D eigenvalue weighted by Crippen LogP contribution is -2.38. The zero-order valence-corrected chi connectivity index (χ0v) is 13.9. The smallest absolute Gasteiger partial charge is 0.118 e. The van der Waals surface area contributed by atoms with E-state index in [2.05, 4.69) is 26.0 Å². The first-order valence-corrected chi connectivity index (χ1v) is 8.45. The second-order valence-corrected chi connectivity index (χ2v) is 6.75. The van der Waals surface area contributed by atoms with E-state index < -0.39 is 0 Å². The number of aryl methyl sites for hydroxylation is 1. The monoisotopic (exact) mass is 316 g/mol. The average molecular weight is 316 g/mol. The summed E-state index contributed by atoms with van der Waals surface area (Å²) in [5.74, 6) is 2.76. The maximum absolute atomic E-state index is 5.74. The number of hydrogen-bond acceptors (Lipinski definition) is 5. The van der Waals surface area contributed by atoms with E-state index in [1.165, 1.54) is 18.5 Å². The highest BCUT2D eigenvalue weighted by molar-refractivity contribution is 5.20. The van der Waals surface area contributed by atoms with Crippen molar-refractivity contribution < 1.29 is 9.15 Å². The zero-order valence-electron chi connectivity index (χ0n) is 13.9. The van der Waals surface area contributed by atoms with Gasteiger partial charge in [0.2, 0.25) is 0 Å². The molecule has 0 aromatic carbocycles. The number of furan rings is 1. The van der Waals surface area contributed by atoms with Crippen molar-refractivity contribution in [3.8, 4) is 0 Å². The van der Waals surface area contributed by atoms with Crippen molar-refractivity contribution in [2.45, 2.75) is 45.3 Å². The molecule has 1 atom stereocenters. The van der Waals surface area contributed by atoms with Crippen molar-refractivity contribution in [1.82, 2.24) is 19.9 Å². The molecule has 0 bridgehead atoms. The quantitative estimate of drug-likeness (QED) is 0.819. The van der Waals surface area contributed by atoms with Crippen LogP contribution in [0.2, 0.25) is 0 Å². The molecule has 0 unspecified atom stereocenters. The molecule has 6 nitrogen and oxygen atoms in total. The molecule has 3 heterocycles. The average Bonchev–Trinajstić information content (AvgIpc) is 3.12. The minimum Gasteiger partial charge on any atom is -0.465 e. The van der Waals surface area contributed by atoms with Crippen LogP contribution in [0.25, 0.3) is 0 Å². The highest BCUT2D eigenvalue weighted by atomic mass is 16.5. The van der Waals surface area contributed by atoms with E-state index in [1.54, 1.807) is 7.11 Å². The molecule has 0 spiro atoms. The van der Waals surface area contributed by atoms with Crippen molar-refractivity contribution in [3.63, 3.8) is 0 Å². The fourth-order valence-corrected chi connectivity index (χ4v) is 3.43. The number of nitrogens with zero attached hydrogens (tertiary/aromatic N) is 4. The fourth-order valence-electron chi connectivity index (χ4n) is 3.43. The highest BCUT2D eigenvalue weighted by Crippen LogP contribution is 2.34. The third-order valence-corrected chi connectivity index (χ3v) is 4.87. The number of hydrogen-bond donors (Lipinski definition) is 0. The largest absolute Gasteiger partial charge is 0.465 e. The number of rotatable bonds is 6. The molecule has 4 rings (SSSR count). The van der Waals surface area contributed by atoms with E-state index in [1.807, 2.05) is 13.0 Å². The summed E-state index contributed by atoms with van der Waals surface area (Å²) in [4.78, 5) is 2.39. The molecule has 6 heteroatoms. The summed E-state index contributed by atoms with van der Waals surface area (Å²) in [7, 11) is 1.75. The van der Waals surface area contributed by atoms with Crippen LogP contribution in [0.1, 0.15) is 41.8 Å². The summed E-state index contributed by atoms with van der Waals surface area (Å²) in [5.41, 5.74) is 2.38. The van der Waals surface area contributed by atoms with E-state index in [4.69, 9.17) is 9.15 Å². The number of ether oxygens (including phenoxy) is 1. The molecule has 1 fully saturated rings. The van der Waals surface area contributed by atoms with E-state index in [0.717, 1.165) is 49.2 Å². The van der Waals surface area contributed by atoms with Crippen molar-refractivity contribution in [2.75, 3.05) is 20.3 Å². The molecule has 0 saturated heterocycles. The summed E-state index contributed by atoms with van der Waals surface area (Å²) in [6.45, 7) is 5.41. The van der Waals surface area contributed by atoms with Crippen LogP contribution in [-0.4, -0.2) is 40.2 Å². The predicted molar refractivity (Wildman–Crippen MR) is 84.9 cm³/mol. The number of fused-ring (bicyclic) bond motifs is 1. The van der Waals surface area contributed by atoms with Crippen LogP contribution in [-0.2, 0) is 24.2 Å². The van der Waals surface area contributed by atoms with Gasteiger partial charge in [-0.1, -0.05) is 5.21 Å². The second-order valence-electron chi connectivity index (χ2n) is 6.75. The predicted octanol–water partition coefficient (Wildman–Crippen LogP) is 2.34. The molecule has 2 aliphatic rings. The Morgan fingerprint density at radius 1 is 1.35 bits per heavy atom. The number of methoxy groups -OCH3 is 1. The third kappa shape index (κ3) is 3.05. The van der Waals surface area contributed by atoms with Gasteiger partial charge in [0.15, 0.2) is 0 Å². The Bertz CT molecular complexity index is 674. The molecule has 0 N–H and O–H groups in total. The Hall–Kier alpha value is -1.66. The minimum absolute atomic E-state index is 0.155. The van der Waals surface area contributed by atoms with Crippen LogP contribution < -0.4 is 0 Å². The lowest BCUT2D eigenvalue weighted by Gasteiger charge is -2.33. The molecular weight excluding hydrogens is 292 g/mol. The van der Waals surface area contributed by atoms with Gasteiger partial charge in [-0.25, -0.2) is 4.68 Å². The first-order valence-electron chi connectivity index (χ1n) is 8.45. The van der Waals surface area contributed by atoms with E-state index in [0.29, 0.717) is 6.61 Å². The molecule has 2 aromatic heterocycles. The SMILES string of the molecule is COC[C@H]1c2nnn(CC3CC3)c2CCN1Cc1ccc(C)o1. The van der Waals surface area contributed by atoms with Crippen LogP contribution >= 0.6 is 0 Å². The minimum atomic E-state index is 0.155. The topological polar surface area (TPSA) is 56.3 Å². The van der Waals surface area contributed by atoms with E-state index in [-0.39, 0.29) is 6.04 Å². The van der Waals surface area contributed by atoms with Crippen molar-refractivity contribution in [3.05, 3.63) is 35.0 Å². The van der Waals surface area contributed by atoms with Gasteiger partial charge in [0, 0.05) is 26.6 Å². The van der Waals surface area contributed by atoms with Crippen LogP contribution in [0.3, 0.4) is 0 Å². The Kier molecular flexibility index (Phi) is 3.95. The molecule has 0 amide bonds. The van der Waals surface area contributed by atoms with Crippen LogP contribution in [0.5, 0.6) is 0 Å². The van der Waals surface area contributed by atoms with Gasteiger partial charge in [-0.2, -0.15) is 0 Å². The summed E-state index contributed by atoms with van der Waals surface area (Å²) in [5, 5.41) is 8.91. The Balaban J connectivity index is 1.56. The van der Waals surface area contributed by atoms with Crippen LogP contribution in [0.4, 0.5) is 0 Å². The maximum atomic E-state index is 5.74. The van der Waals surface area contributed by atoms with Gasteiger partial charge >= 0.3 is 0 Å². The summed E-state index contributed by atoms with van der Waals surface area (Å²) < 4.78 is 13.3. The van der Waals surface area contributed by atoms with Crippen LogP contribution in [0.15, 0.2) is 16.5 Å². The van der Waals surface area contributed by atoms with Gasteiger partial charge in [-0.05, 0) is 37.8 Å². The van der Waals surface area contributed by atoms with Crippen molar-refractivity contribution >= 4 is 0 Å². The summed E-state index contributed by atoms with van der Waals surface area (Å²) >= 11 is 0. The standard InChI is InChI=1S/C17H24N4O2/c1-12-3-6-14(23-12)10-20-8-7-15-17(16(20)11-22-2)18-19-21(15)9-13-4-5-13/h3,6,13,16H,4-5,7-11H2,1-2H3/t16-/m0/s1. The first kappa shape index (κ1) is 14.9. The van der Waals surface area contributed by atoms with Gasteiger partial charge < -0.3 is 9.15 Å². The molecule has 23 heavy (non-hydrogen) atoms. The van der Waals surface area contributed by atoms with Gasteiger partial charge in [0.25, 0.3) is 0 Å². The lowest BCUT2D eigenvalue weighted by atomic mass is 10.0. The molecule has 124 valence electrons. The first-order chi connectivity index (χ1) is 11.2. The van der Waals surface area contributed by atoms with Crippen LogP contribution in [0, 0.1) is 12.8 Å². The van der Waals surface area contributed by atoms with Crippen molar-refractivity contribution in [2.24, 2.45) is 5.92 Å². The fraction of sp³-hybridized carbons (Fsp3) is 0.647. The molecule has 0 radical (unpaired) electrons. The molecule has 1 saturated carbocycles. The normalized spacial score (nSPS) is 21.6. The summed E-state index contributed by atoms with van der Waals surface area (Å²) in [6, 6.07) is 4.22. The van der Waals surface area contributed by atoms with E-state index in [9.17, 15) is 0 Å². The number of aromatic nitrogens is 3. The zero-order chi connectivity index (χ0) is 15.8. The lowest BCUT2D eigenvalue weighted by molar-refractivity contribution is 0.0702. The molecule has 2 aromatic rings. The molecule has 1 aliphatic heterocycles. The second kappa shape index (κ2) is 6.09. The summed E-state index contributed by atoms with van der Waals surface area (Å²) in [6.07, 6.45) is 3.66. The Morgan fingerprint density at radius 2 is 2.22 bits per heavy atom. The molecule has 1 aliphatic carbocycles. The molecular formula is C17H24N4O2. The highest BCUT2D eigenvalue weighted by Gasteiger charge is 2.33. The van der Waals surface area contributed by atoms with Gasteiger partial charge in [-0.15, -0.1) is 5.10 Å². The van der Waals surface area contributed by atoms with Crippen molar-refractivity contribution in [1.29, 1.82) is 0 Å². The maximum Gasteiger partial charge on any atom is 0.118 e. The third-order valence-electron chi connectivity index (χ3n) is 4.87. The van der Waals surface area contributed by atoms with Gasteiger partial charge in [-0.3, -0.25) is 4.90 Å². The Labute approximate surface area is 136 Å². The Morgan fingerprint density at radius 3 is 2.91 bits per heavy atom. The van der Waals surface area contributed by atoms with Gasteiger partial charge in [0.1, 0.15) is 17.2 Å².